The van der Waals surface area contributed by atoms with Crippen LogP contribution in [-0.4, -0.2) is 265 Å². The number of aromatic amines is 2. The van der Waals surface area contributed by atoms with Crippen LogP contribution in [0.5, 0.6) is 0 Å². The number of imidazole rings is 1. The number of fused-ring (bicyclic) bond motifs is 1. The van der Waals surface area contributed by atoms with E-state index in [4.69, 9.17) is 22.3 Å². The van der Waals surface area contributed by atoms with Gasteiger partial charge >= 0.3 is 17.9 Å². The monoisotopic (exact) mass is 1590 g/mol. The van der Waals surface area contributed by atoms with Crippen molar-refractivity contribution in [2.24, 2.45) is 11.5 Å². The lowest BCUT2D eigenvalue weighted by Crippen LogP contribution is -2.61. The van der Waals surface area contributed by atoms with E-state index < -0.39 is 200 Å². The average molecular weight is 1590 g/mol. The van der Waals surface area contributed by atoms with Gasteiger partial charge < -0.3 is 110 Å². The Bertz CT molecular complexity index is 4030. The number of carbonyl (C=O) groups excluding carboxylic acids is 12. The zero-order valence-corrected chi connectivity index (χ0v) is 63.8. The number of rotatable bonds is 34. The van der Waals surface area contributed by atoms with E-state index >= 15 is 24.0 Å². The summed E-state index contributed by atoms with van der Waals surface area (Å²) in [5, 5.41) is 76.7. The maximum Gasteiger partial charge on any atom is 0.317 e. The molecule has 3 saturated heterocycles. The zero-order chi connectivity index (χ0) is 83.0. The molecule has 0 unspecified atom stereocenters. The lowest BCUT2D eigenvalue weighted by atomic mass is 10.0. The third-order valence-electron chi connectivity index (χ3n) is 19.6. The van der Waals surface area contributed by atoms with E-state index in [9.17, 15) is 63.3 Å². The van der Waals surface area contributed by atoms with Crippen LogP contribution in [0.25, 0.3) is 10.9 Å². The van der Waals surface area contributed by atoms with E-state index in [1.165, 1.54) is 34.1 Å². The highest BCUT2D eigenvalue weighted by molar-refractivity contribution is 6.00. The molecule has 2 aromatic carbocycles. The summed E-state index contributed by atoms with van der Waals surface area (Å²) in [5.41, 5.74) is 13.2. The third kappa shape index (κ3) is 28.8. The van der Waals surface area contributed by atoms with Crippen LogP contribution in [0.3, 0.4) is 0 Å². The Morgan fingerprint density at radius 3 is 1.86 bits per heavy atom. The molecule has 23 N–H and O–H groups in total. The first-order chi connectivity index (χ1) is 54.4. The number of guanidine groups is 2. The fraction of sp³-hybridized carbons (Fsp3) is 0.541. The molecule has 0 spiro atoms. The van der Waals surface area contributed by atoms with Crippen LogP contribution < -0.4 is 75.3 Å². The number of carboxylic acid groups (broad SMARTS) is 3. The topological polar surface area (TPSA) is 615 Å². The summed E-state index contributed by atoms with van der Waals surface area (Å²) in [6.07, 6.45) is 3.58. The highest BCUT2D eigenvalue weighted by Crippen LogP contribution is 2.28. The summed E-state index contributed by atoms with van der Waals surface area (Å²) in [6, 6.07) is 0.493. The molecule has 3 aliphatic heterocycles. The molecule has 12 amide bonds. The summed E-state index contributed by atoms with van der Waals surface area (Å²) in [4.78, 5) is 224. The van der Waals surface area contributed by atoms with Crippen LogP contribution in [0.2, 0.25) is 0 Å². The maximum absolute atomic E-state index is 15.5. The van der Waals surface area contributed by atoms with Gasteiger partial charge in [-0.3, -0.25) is 87.6 Å². The molecular formula is C74H106N22O18. The number of H-pyrrole nitrogens is 2. The zero-order valence-electron chi connectivity index (χ0n) is 63.8. The first kappa shape index (κ1) is 88.9. The van der Waals surface area contributed by atoms with Crippen LogP contribution in [-0.2, 0) is 91.2 Å². The number of carboxylic acids is 3. The molecule has 7 rings (SSSR count). The molecule has 5 heterocycles. The molecule has 40 heteroatoms. The lowest BCUT2D eigenvalue weighted by molar-refractivity contribution is -0.148. The Morgan fingerprint density at radius 1 is 0.614 bits per heavy atom. The van der Waals surface area contributed by atoms with E-state index in [0.717, 1.165) is 0 Å². The Kier molecular flexibility index (Phi) is 34.9. The summed E-state index contributed by atoms with van der Waals surface area (Å²) >= 11 is 0. The number of benzene rings is 2. The molecule has 2 aromatic heterocycles. The molecular weight excluding hydrogens is 1480 g/mol. The summed E-state index contributed by atoms with van der Waals surface area (Å²) in [7, 11) is 0. The van der Waals surface area contributed by atoms with E-state index in [1.54, 1.807) is 67.7 Å². The van der Waals surface area contributed by atoms with Crippen molar-refractivity contribution in [3.63, 3.8) is 0 Å². The molecule has 114 heavy (non-hydrogen) atoms. The Balaban J connectivity index is 1.17. The van der Waals surface area contributed by atoms with Crippen molar-refractivity contribution in [3.05, 3.63) is 90.1 Å². The van der Waals surface area contributed by atoms with Crippen molar-refractivity contribution >= 4 is 112 Å². The number of unbranched alkanes of at least 4 members (excludes halogenated alkanes) is 1. The first-order valence-corrected chi connectivity index (χ1v) is 38.1. The van der Waals surface area contributed by atoms with Gasteiger partial charge in [-0.2, -0.15) is 0 Å². The molecule has 11 atom stereocenters. The molecule has 0 bridgehead atoms. The normalized spacial score (nSPS) is 21.0. The van der Waals surface area contributed by atoms with Crippen LogP contribution in [0.1, 0.15) is 133 Å². The molecule has 0 aliphatic carbocycles. The molecule has 620 valence electrons. The van der Waals surface area contributed by atoms with Gasteiger partial charge in [0.15, 0.2) is 11.9 Å². The number of aromatic nitrogens is 3. The van der Waals surface area contributed by atoms with Gasteiger partial charge in [-0.25, -0.2) is 4.98 Å². The number of para-hydroxylation sites is 1. The van der Waals surface area contributed by atoms with Gasteiger partial charge in [0.25, 0.3) is 0 Å². The number of amides is 12. The van der Waals surface area contributed by atoms with Crippen molar-refractivity contribution in [1.82, 2.24) is 93.5 Å². The average Bonchev–Trinajstić information content (AvgIpc) is 1.61. The molecule has 4 aromatic rings. The van der Waals surface area contributed by atoms with Gasteiger partial charge in [0.05, 0.1) is 31.5 Å². The Morgan fingerprint density at radius 2 is 1.21 bits per heavy atom. The first-order valence-electron chi connectivity index (χ1n) is 38.1. The maximum atomic E-state index is 15.5. The number of nitrogens with zero attached hydrogens (tertiary/aromatic N) is 4. The number of carbonyl (C=O) groups is 15. The quantitative estimate of drug-likeness (QED) is 0.0123. The van der Waals surface area contributed by atoms with Crippen LogP contribution in [0, 0.1) is 10.8 Å². The molecule has 40 nitrogen and oxygen atoms in total. The van der Waals surface area contributed by atoms with E-state index in [2.05, 4.69) is 78.8 Å². The second kappa shape index (κ2) is 44.7. The van der Waals surface area contributed by atoms with Crippen molar-refractivity contribution < 1.29 is 87.2 Å². The van der Waals surface area contributed by atoms with E-state index in [1.807, 2.05) is 0 Å². The minimum atomic E-state index is -1.69. The van der Waals surface area contributed by atoms with E-state index in [0.29, 0.717) is 40.6 Å². The minimum Gasteiger partial charge on any atom is -0.481 e. The number of hydrogen-bond donors (Lipinski definition) is 21. The summed E-state index contributed by atoms with van der Waals surface area (Å²) in [5.74, 6) is -14.6. The van der Waals surface area contributed by atoms with E-state index in [-0.39, 0.29) is 129 Å². The Hall–Kier alpha value is -12.3. The number of aliphatic carboxylic acids is 3. The Labute approximate surface area is 656 Å². The van der Waals surface area contributed by atoms with Crippen molar-refractivity contribution in [2.75, 3.05) is 52.4 Å². The standard InChI is InChI=1S/C74H106N22O18/c1-42(15-8-9-30-94(39-61(101)102)40-62(103)104)85-66(108)56(36-60(99)100)93-65(107)51(22-12-29-82-74(77)78)88-70(112)57-23-13-31-95(57)72(114)58-24-14-32-96(58)71(113)52-25-26-59(98)80-27-10-20-49(86-43(2)97)63(105)92-55(35-46-38-79-41-84-46)69(111)90-53(33-44-16-4-3-5-17-44)67(109)87-50(21-11-28-81-73(75)76)64(106)91-54(68(110)89-52)34-45-37-83-48-19-7-6-18-47(45)48/h3-7,16-19,37-38,41-42,49-58,83H,8-15,20-36,39-40H2,1-2H3,(H,79,84)(H,80,98)(H,85,108)(H,86,97)(H,87,109)(H,88,112)(H,89,110)(H,90,111)(H,91,106)(H,92,105)(H,93,107)(H,99,100)(H,101,102)(H,103,104)(H4,75,76,81)(H4,77,78,82)/t42-,49+,50+,51+,52+,53-,54+,55+,56+,57+,58+/m1/s1. The van der Waals surface area contributed by atoms with Crippen LogP contribution in [0.4, 0.5) is 0 Å². The van der Waals surface area contributed by atoms with Crippen LogP contribution >= 0.6 is 0 Å². The number of nitrogens with one attached hydrogen (secondary N) is 16. The van der Waals surface area contributed by atoms with Gasteiger partial charge in [-0.05, 0) is 114 Å². The minimum absolute atomic E-state index is 0.00793. The van der Waals surface area contributed by atoms with Gasteiger partial charge in [-0.1, -0.05) is 55.0 Å². The highest BCUT2D eigenvalue weighted by Gasteiger charge is 2.45. The molecule has 3 fully saturated rings. The largest absolute Gasteiger partial charge is 0.481 e. The van der Waals surface area contributed by atoms with Gasteiger partial charge in [0.2, 0.25) is 70.9 Å². The third-order valence-corrected chi connectivity index (χ3v) is 19.6. The van der Waals surface area contributed by atoms with Crippen molar-refractivity contribution in [2.45, 2.75) is 202 Å². The number of nitrogens with two attached hydrogens (primary N) is 2. The van der Waals surface area contributed by atoms with Crippen LogP contribution in [0.15, 0.2) is 73.3 Å². The van der Waals surface area contributed by atoms with Gasteiger partial charge in [0.1, 0.15) is 60.4 Å². The summed E-state index contributed by atoms with van der Waals surface area (Å²) in [6.45, 7) is 1.78. The van der Waals surface area contributed by atoms with Crippen molar-refractivity contribution in [3.8, 4) is 0 Å². The van der Waals surface area contributed by atoms with Gasteiger partial charge in [0, 0.05) is 94.7 Å². The SMILES string of the molecule is CC(=O)N[C@H]1CCCNC(=O)CC[C@@H](C(=O)N2CCC[C@H]2C(=O)N2CCC[C@H]2C(=O)N[C@@H](CCCNC(=N)N)C(=O)N[C@@H](CC(=O)O)C(=O)N[C@H](C)CCCCN(CC(=O)O)CC(=O)O)NC(=O)[C@H](Cc2c[nH]c3ccccc23)NC(=O)[C@H](CCCNC(=N)N)NC(=O)[C@@H](Cc2ccccc2)NC(=O)[C@H](Cc2c[nH]cn2)NC1=O. The lowest BCUT2D eigenvalue weighted by Gasteiger charge is -2.34. The fourth-order valence-corrected chi connectivity index (χ4v) is 13.9. The fourth-order valence-electron chi connectivity index (χ4n) is 13.9. The van der Waals surface area contributed by atoms with Gasteiger partial charge in [-0.15, -0.1) is 0 Å². The molecule has 3 aliphatic rings. The molecule has 0 radical (unpaired) electrons. The highest BCUT2D eigenvalue weighted by atomic mass is 16.4. The summed E-state index contributed by atoms with van der Waals surface area (Å²) < 4.78 is 0. The second-order valence-corrected chi connectivity index (χ2v) is 28.6. The predicted molar refractivity (Wildman–Crippen MR) is 410 cm³/mol. The second-order valence-electron chi connectivity index (χ2n) is 28.6. The number of likely N-dealkylation sites (tertiary alicyclic amines) is 2. The van der Waals surface area contributed by atoms with Crippen molar-refractivity contribution in [1.29, 1.82) is 10.8 Å². The molecule has 0 saturated carbocycles. The predicted octanol–water partition coefficient (Wildman–Crippen LogP) is -3.36. The smallest absolute Gasteiger partial charge is 0.317 e. The number of hydrogen-bond acceptors (Lipinski definition) is 19.